The van der Waals surface area contributed by atoms with Crippen molar-refractivity contribution >= 4 is 17.6 Å². The summed E-state index contributed by atoms with van der Waals surface area (Å²) in [5.41, 5.74) is 1.27. The summed E-state index contributed by atoms with van der Waals surface area (Å²) < 4.78 is 4.99. The largest absolute Gasteiger partial charge is 0.467 e. The minimum Gasteiger partial charge on any atom is -0.467 e. The van der Waals surface area contributed by atoms with Crippen LogP contribution in [-0.2, 0) is 0 Å². The molecular weight excluding hydrogens is 244 g/mol. The third-order valence-electron chi connectivity index (χ3n) is 2.27. The van der Waals surface area contributed by atoms with Gasteiger partial charge in [-0.1, -0.05) is 6.07 Å². The molecule has 0 atom stereocenters. The second-order valence-corrected chi connectivity index (χ2v) is 3.54. The van der Waals surface area contributed by atoms with Crippen LogP contribution in [0.2, 0.25) is 0 Å². The summed E-state index contributed by atoms with van der Waals surface area (Å²) >= 11 is 0. The fourth-order valence-corrected chi connectivity index (χ4v) is 1.41. The number of nitriles is 1. The van der Waals surface area contributed by atoms with Gasteiger partial charge in [-0.15, -0.1) is 0 Å². The predicted octanol–water partition coefficient (Wildman–Crippen LogP) is 1.54. The molecule has 0 aliphatic rings. The number of hydrogen-bond acceptors (Lipinski definition) is 7. The van der Waals surface area contributed by atoms with Crippen LogP contribution in [0.1, 0.15) is 5.56 Å². The van der Waals surface area contributed by atoms with E-state index in [1.165, 1.54) is 7.11 Å². The monoisotopic (exact) mass is 256 g/mol. The number of ether oxygens (including phenoxy) is 1. The van der Waals surface area contributed by atoms with Gasteiger partial charge < -0.3 is 15.4 Å². The highest BCUT2D eigenvalue weighted by atomic mass is 16.5. The maximum atomic E-state index is 8.84. The molecule has 2 rings (SSSR count). The normalized spacial score (nSPS) is 9.53. The molecule has 1 heterocycles. The Morgan fingerprint density at radius 3 is 2.68 bits per heavy atom. The topological polar surface area (TPSA) is 95.8 Å². The Labute approximate surface area is 110 Å². The van der Waals surface area contributed by atoms with Crippen molar-refractivity contribution in [2.45, 2.75) is 0 Å². The lowest BCUT2D eigenvalue weighted by Crippen LogP contribution is -2.05. The van der Waals surface area contributed by atoms with Crippen molar-refractivity contribution in [1.29, 1.82) is 5.26 Å². The van der Waals surface area contributed by atoms with E-state index >= 15 is 0 Å². The van der Waals surface area contributed by atoms with Crippen molar-refractivity contribution in [3.8, 4) is 12.1 Å². The lowest BCUT2D eigenvalue weighted by molar-refractivity contribution is 0.379. The zero-order valence-corrected chi connectivity index (χ0v) is 10.5. The molecule has 7 heteroatoms. The van der Waals surface area contributed by atoms with Crippen LogP contribution >= 0.6 is 0 Å². The molecule has 0 bridgehead atoms. The van der Waals surface area contributed by atoms with E-state index in [2.05, 4.69) is 31.7 Å². The maximum Gasteiger partial charge on any atom is 0.322 e. The summed E-state index contributed by atoms with van der Waals surface area (Å²) in [6, 6.07) is 9.29. The van der Waals surface area contributed by atoms with Gasteiger partial charge in [0.05, 0.1) is 18.7 Å². The van der Waals surface area contributed by atoms with Crippen molar-refractivity contribution in [3.05, 3.63) is 29.8 Å². The Morgan fingerprint density at radius 1 is 1.21 bits per heavy atom. The molecule has 0 radical (unpaired) electrons. The van der Waals surface area contributed by atoms with Crippen molar-refractivity contribution in [1.82, 2.24) is 15.0 Å². The zero-order valence-electron chi connectivity index (χ0n) is 10.5. The van der Waals surface area contributed by atoms with E-state index in [9.17, 15) is 0 Å². The molecule has 7 nitrogen and oxygen atoms in total. The van der Waals surface area contributed by atoms with E-state index in [0.29, 0.717) is 23.1 Å². The molecule has 2 aromatic rings. The van der Waals surface area contributed by atoms with Gasteiger partial charge in [-0.05, 0) is 18.2 Å². The molecule has 0 fully saturated rings. The van der Waals surface area contributed by atoms with Crippen LogP contribution in [0.5, 0.6) is 6.01 Å². The van der Waals surface area contributed by atoms with Gasteiger partial charge in [0.2, 0.25) is 11.9 Å². The van der Waals surface area contributed by atoms with Crippen LogP contribution in [-0.4, -0.2) is 29.1 Å². The van der Waals surface area contributed by atoms with Gasteiger partial charge in [-0.25, -0.2) is 0 Å². The first-order valence-corrected chi connectivity index (χ1v) is 5.50. The van der Waals surface area contributed by atoms with E-state index in [-0.39, 0.29) is 6.01 Å². The smallest absolute Gasteiger partial charge is 0.322 e. The zero-order chi connectivity index (χ0) is 13.7. The third kappa shape index (κ3) is 3.07. The van der Waals surface area contributed by atoms with E-state index in [4.69, 9.17) is 10.00 Å². The summed E-state index contributed by atoms with van der Waals surface area (Å²) in [7, 11) is 3.18. The predicted molar refractivity (Wildman–Crippen MR) is 70.4 cm³/mol. The molecule has 0 saturated carbocycles. The maximum absolute atomic E-state index is 8.84. The summed E-state index contributed by atoms with van der Waals surface area (Å²) in [5, 5.41) is 14.7. The first-order chi connectivity index (χ1) is 9.25. The molecular formula is C12H12N6O. The SMILES string of the molecule is CNc1nc(Nc2cccc(C#N)c2)nc(OC)n1. The first kappa shape index (κ1) is 12.6. The molecule has 0 spiro atoms. The van der Waals surface area contributed by atoms with Gasteiger partial charge in [0.1, 0.15) is 0 Å². The lowest BCUT2D eigenvalue weighted by atomic mass is 10.2. The number of anilines is 3. The highest BCUT2D eigenvalue weighted by molar-refractivity contribution is 5.57. The number of hydrogen-bond donors (Lipinski definition) is 2. The summed E-state index contributed by atoms with van der Waals surface area (Å²) in [4.78, 5) is 12.2. The van der Waals surface area contributed by atoms with Crippen LogP contribution in [0, 0.1) is 11.3 Å². The highest BCUT2D eigenvalue weighted by Gasteiger charge is 2.06. The van der Waals surface area contributed by atoms with Crippen LogP contribution in [0.25, 0.3) is 0 Å². The number of nitrogens with one attached hydrogen (secondary N) is 2. The summed E-state index contributed by atoms with van der Waals surface area (Å²) in [6.45, 7) is 0. The van der Waals surface area contributed by atoms with Gasteiger partial charge in [-0.2, -0.15) is 20.2 Å². The molecule has 1 aromatic heterocycles. The number of nitrogens with zero attached hydrogens (tertiary/aromatic N) is 4. The molecule has 0 saturated heterocycles. The fourth-order valence-electron chi connectivity index (χ4n) is 1.41. The Hall–Kier alpha value is -2.88. The lowest BCUT2D eigenvalue weighted by Gasteiger charge is -2.07. The minimum atomic E-state index is 0.207. The Morgan fingerprint density at radius 2 is 2.00 bits per heavy atom. The molecule has 2 N–H and O–H groups in total. The molecule has 19 heavy (non-hydrogen) atoms. The first-order valence-electron chi connectivity index (χ1n) is 5.50. The van der Waals surface area contributed by atoms with Crippen LogP contribution in [0.15, 0.2) is 24.3 Å². The third-order valence-corrected chi connectivity index (χ3v) is 2.27. The van der Waals surface area contributed by atoms with Gasteiger partial charge >= 0.3 is 6.01 Å². The number of rotatable bonds is 4. The molecule has 0 aliphatic heterocycles. The molecule has 0 amide bonds. The quantitative estimate of drug-likeness (QED) is 0.856. The average molecular weight is 256 g/mol. The number of aromatic nitrogens is 3. The molecule has 0 unspecified atom stereocenters. The van der Waals surface area contributed by atoms with Crippen molar-refractivity contribution in [2.75, 3.05) is 24.8 Å². The summed E-state index contributed by atoms with van der Waals surface area (Å²) in [6.07, 6.45) is 0. The van der Waals surface area contributed by atoms with E-state index in [1.807, 2.05) is 6.07 Å². The number of methoxy groups -OCH3 is 1. The average Bonchev–Trinajstić information content (AvgIpc) is 2.47. The highest BCUT2D eigenvalue weighted by Crippen LogP contribution is 2.17. The standard InChI is InChI=1S/C12H12N6O/c1-14-10-16-11(18-12(17-10)19-2)15-9-5-3-4-8(6-9)7-13/h3-6H,1-2H3,(H2,14,15,16,17,18). The minimum absolute atomic E-state index is 0.207. The van der Waals surface area contributed by atoms with Gasteiger partial charge in [0.25, 0.3) is 0 Å². The molecule has 0 aliphatic carbocycles. The second kappa shape index (κ2) is 5.64. The van der Waals surface area contributed by atoms with Crippen LogP contribution < -0.4 is 15.4 Å². The van der Waals surface area contributed by atoms with Gasteiger partial charge in [-0.3, -0.25) is 0 Å². The molecule has 96 valence electrons. The fraction of sp³-hybridized carbons (Fsp3) is 0.167. The molecule has 1 aromatic carbocycles. The van der Waals surface area contributed by atoms with E-state index in [0.717, 1.165) is 0 Å². The Kier molecular flexibility index (Phi) is 3.73. The van der Waals surface area contributed by atoms with Crippen LogP contribution in [0.4, 0.5) is 17.6 Å². The van der Waals surface area contributed by atoms with Crippen molar-refractivity contribution in [2.24, 2.45) is 0 Å². The summed E-state index contributed by atoms with van der Waals surface area (Å²) in [5.74, 6) is 0.733. The van der Waals surface area contributed by atoms with E-state index < -0.39 is 0 Å². The van der Waals surface area contributed by atoms with Crippen molar-refractivity contribution in [3.63, 3.8) is 0 Å². The Balaban J connectivity index is 2.29. The Bertz CT molecular complexity index is 600. The number of benzene rings is 1. The van der Waals surface area contributed by atoms with Gasteiger partial charge in [0.15, 0.2) is 0 Å². The van der Waals surface area contributed by atoms with E-state index in [1.54, 1.807) is 25.2 Å². The van der Waals surface area contributed by atoms with Crippen molar-refractivity contribution < 1.29 is 4.74 Å². The second-order valence-electron chi connectivity index (χ2n) is 3.54. The van der Waals surface area contributed by atoms with Gasteiger partial charge in [0, 0.05) is 12.7 Å². The van der Waals surface area contributed by atoms with Crippen LogP contribution in [0.3, 0.4) is 0 Å².